The van der Waals surface area contributed by atoms with Crippen molar-refractivity contribution >= 4 is 58.0 Å². The molecule has 0 amide bonds. The third-order valence-corrected chi connectivity index (χ3v) is 5.09. The summed E-state index contributed by atoms with van der Waals surface area (Å²) in [6.07, 6.45) is -0.0794. The summed E-state index contributed by atoms with van der Waals surface area (Å²) in [4.78, 5) is 0. The topological polar surface area (TPSA) is 23.8 Å². The van der Waals surface area contributed by atoms with Gasteiger partial charge in [-0.15, -0.1) is 0 Å². The van der Waals surface area contributed by atoms with E-state index in [0.29, 0.717) is 11.1 Å². The van der Waals surface area contributed by atoms with Crippen LogP contribution in [0, 0.1) is 17.1 Å². The highest BCUT2D eigenvalue weighted by atomic mass is 35.5. The summed E-state index contributed by atoms with van der Waals surface area (Å²) in [6.45, 7) is 0. The van der Waals surface area contributed by atoms with Gasteiger partial charge in [0, 0.05) is 11.1 Å². The molecule has 0 aliphatic heterocycles. The van der Waals surface area contributed by atoms with Gasteiger partial charge in [0.05, 0.1) is 37.6 Å². The second kappa shape index (κ2) is 6.60. The molecule has 2 aromatic carbocycles. The SMILES string of the molecule is N#CCc1cc(-c2c(Cl)c(Cl)c(Cl)c(Cl)c2Cl)ccc1F. The summed E-state index contributed by atoms with van der Waals surface area (Å²) < 4.78 is 13.6. The molecule has 0 bridgehead atoms. The third-order valence-electron chi connectivity index (χ3n) is 2.81. The van der Waals surface area contributed by atoms with E-state index < -0.39 is 5.82 Å². The second-order valence-corrected chi connectivity index (χ2v) is 5.98. The highest BCUT2D eigenvalue weighted by molar-refractivity contribution is 6.56. The Labute approximate surface area is 145 Å². The molecule has 0 heterocycles. The standard InChI is InChI=1S/C14H5Cl5FN/c15-10-9(11(16)13(18)14(19)12(10)17)7-1-2-8(20)6(5-7)3-4-21/h1-2,5H,3H2. The van der Waals surface area contributed by atoms with Crippen LogP contribution >= 0.6 is 58.0 Å². The largest absolute Gasteiger partial charge is 0.207 e. The summed E-state index contributed by atoms with van der Waals surface area (Å²) in [7, 11) is 0. The van der Waals surface area contributed by atoms with Crippen LogP contribution in [0.2, 0.25) is 25.1 Å². The molecule has 0 saturated heterocycles. The van der Waals surface area contributed by atoms with Gasteiger partial charge in [0.1, 0.15) is 5.82 Å². The Morgan fingerprint density at radius 2 is 1.43 bits per heavy atom. The van der Waals surface area contributed by atoms with Gasteiger partial charge in [0.25, 0.3) is 0 Å². The minimum Gasteiger partial charge on any atom is -0.207 e. The first-order valence-corrected chi connectivity index (χ1v) is 7.44. The first-order valence-electron chi connectivity index (χ1n) is 5.55. The monoisotopic (exact) mass is 381 g/mol. The Morgan fingerprint density at radius 1 is 0.905 bits per heavy atom. The Balaban J connectivity index is 2.74. The van der Waals surface area contributed by atoms with Gasteiger partial charge in [0.15, 0.2) is 0 Å². The lowest BCUT2D eigenvalue weighted by molar-refractivity contribution is 0.615. The zero-order valence-corrected chi connectivity index (χ0v) is 13.9. The van der Waals surface area contributed by atoms with Gasteiger partial charge in [-0.2, -0.15) is 5.26 Å². The maximum absolute atomic E-state index is 13.6. The maximum Gasteiger partial charge on any atom is 0.127 e. The number of nitrogens with zero attached hydrogens (tertiary/aromatic N) is 1. The van der Waals surface area contributed by atoms with Gasteiger partial charge < -0.3 is 0 Å². The molecule has 0 unspecified atom stereocenters. The van der Waals surface area contributed by atoms with Crippen LogP contribution < -0.4 is 0 Å². The molecule has 2 aromatic rings. The second-order valence-electron chi connectivity index (χ2n) is 4.09. The molecule has 0 saturated carbocycles. The van der Waals surface area contributed by atoms with E-state index in [1.165, 1.54) is 18.2 Å². The van der Waals surface area contributed by atoms with Crippen molar-refractivity contribution < 1.29 is 4.39 Å². The summed E-state index contributed by atoms with van der Waals surface area (Å²) in [5.74, 6) is -0.487. The molecule has 2 rings (SSSR count). The lowest BCUT2D eigenvalue weighted by Gasteiger charge is -2.13. The van der Waals surface area contributed by atoms with Crippen molar-refractivity contribution in [1.29, 1.82) is 5.26 Å². The van der Waals surface area contributed by atoms with E-state index >= 15 is 0 Å². The van der Waals surface area contributed by atoms with Crippen LogP contribution in [-0.4, -0.2) is 0 Å². The van der Waals surface area contributed by atoms with E-state index in [2.05, 4.69) is 0 Å². The fourth-order valence-electron chi connectivity index (χ4n) is 1.81. The quantitative estimate of drug-likeness (QED) is 0.412. The van der Waals surface area contributed by atoms with Crippen LogP contribution in [0.3, 0.4) is 0 Å². The Kier molecular flexibility index (Phi) is 5.24. The van der Waals surface area contributed by atoms with Gasteiger partial charge in [-0.1, -0.05) is 64.1 Å². The van der Waals surface area contributed by atoms with Crippen LogP contribution in [0.25, 0.3) is 11.1 Å². The molecular formula is C14H5Cl5FN. The number of hydrogen-bond donors (Lipinski definition) is 0. The average Bonchev–Trinajstić information content (AvgIpc) is 2.47. The molecule has 0 spiro atoms. The molecular weight excluding hydrogens is 378 g/mol. The normalized spacial score (nSPS) is 10.5. The predicted molar refractivity (Wildman–Crippen MR) is 86.2 cm³/mol. The van der Waals surface area contributed by atoms with Crippen molar-refractivity contribution in [1.82, 2.24) is 0 Å². The number of halogens is 6. The highest BCUT2D eigenvalue weighted by Gasteiger charge is 2.21. The molecule has 0 aliphatic carbocycles. The lowest BCUT2D eigenvalue weighted by Crippen LogP contribution is -1.92. The minimum atomic E-state index is -0.487. The molecule has 1 nitrogen and oxygen atoms in total. The van der Waals surface area contributed by atoms with E-state index in [9.17, 15) is 4.39 Å². The summed E-state index contributed by atoms with van der Waals surface area (Å²) in [6, 6.07) is 6.07. The first-order chi connectivity index (χ1) is 9.88. The van der Waals surface area contributed by atoms with Crippen LogP contribution in [-0.2, 0) is 6.42 Å². The number of nitriles is 1. The van der Waals surface area contributed by atoms with Gasteiger partial charge >= 0.3 is 0 Å². The van der Waals surface area contributed by atoms with Crippen LogP contribution in [0.5, 0.6) is 0 Å². The van der Waals surface area contributed by atoms with Gasteiger partial charge in [-0.3, -0.25) is 0 Å². The zero-order chi connectivity index (χ0) is 15.7. The lowest BCUT2D eigenvalue weighted by atomic mass is 10.0. The summed E-state index contributed by atoms with van der Waals surface area (Å²) >= 11 is 30.3. The highest BCUT2D eigenvalue weighted by Crippen LogP contribution is 2.48. The minimum absolute atomic E-state index is 0.0523. The van der Waals surface area contributed by atoms with E-state index in [1.807, 2.05) is 6.07 Å². The fourth-order valence-corrected chi connectivity index (χ4v) is 3.17. The smallest absolute Gasteiger partial charge is 0.127 e. The van der Waals surface area contributed by atoms with Crippen LogP contribution in [0.15, 0.2) is 18.2 Å². The number of hydrogen-bond acceptors (Lipinski definition) is 1. The average molecular weight is 383 g/mol. The van der Waals surface area contributed by atoms with Crippen molar-refractivity contribution in [2.75, 3.05) is 0 Å². The molecule has 0 aliphatic rings. The van der Waals surface area contributed by atoms with Gasteiger partial charge in [-0.05, 0) is 17.7 Å². The van der Waals surface area contributed by atoms with Crippen molar-refractivity contribution in [3.8, 4) is 17.2 Å². The Hall–Kier alpha value is -0.690. The molecule has 0 N–H and O–H groups in total. The molecule has 0 fully saturated rings. The first kappa shape index (κ1) is 16.7. The third kappa shape index (κ3) is 3.08. The molecule has 108 valence electrons. The van der Waals surface area contributed by atoms with Crippen molar-refractivity contribution in [2.45, 2.75) is 6.42 Å². The Bertz CT molecular complexity index is 738. The van der Waals surface area contributed by atoms with Crippen molar-refractivity contribution in [2.24, 2.45) is 0 Å². The summed E-state index contributed by atoms with van der Waals surface area (Å²) in [5.41, 5.74) is 1.07. The van der Waals surface area contributed by atoms with Crippen molar-refractivity contribution in [3.63, 3.8) is 0 Å². The number of benzene rings is 2. The maximum atomic E-state index is 13.6. The van der Waals surface area contributed by atoms with Crippen LogP contribution in [0.4, 0.5) is 4.39 Å². The van der Waals surface area contributed by atoms with Gasteiger partial charge in [-0.25, -0.2) is 4.39 Å². The number of rotatable bonds is 2. The molecule has 0 radical (unpaired) electrons. The zero-order valence-electron chi connectivity index (χ0n) is 10.2. The van der Waals surface area contributed by atoms with E-state index in [1.54, 1.807) is 0 Å². The van der Waals surface area contributed by atoms with Crippen molar-refractivity contribution in [3.05, 3.63) is 54.7 Å². The fraction of sp³-hybridized carbons (Fsp3) is 0.0714. The van der Waals surface area contributed by atoms with E-state index in [0.717, 1.165) is 0 Å². The summed E-state index contributed by atoms with van der Waals surface area (Å²) in [5, 5.41) is 9.12. The molecule has 7 heteroatoms. The van der Waals surface area contributed by atoms with E-state index in [-0.39, 0.29) is 37.1 Å². The molecule has 21 heavy (non-hydrogen) atoms. The van der Waals surface area contributed by atoms with Gasteiger partial charge in [0.2, 0.25) is 0 Å². The predicted octanol–water partition coefficient (Wildman–Crippen LogP) is 6.83. The molecule has 0 aromatic heterocycles. The Morgan fingerprint density at radius 3 is 1.95 bits per heavy atom. The van der Waals surface area contributed by atoms with Crippen LogP contribution in [0.1, 0.15) is 5.56 Å². The molecule has 0 atom stereocenters. The van der Waals surface area contributed by atoms with E-state index in [4.69, 9.17) is 63.3 Å².